The summed E-state index contributed by atoms with van der Waals surface area (Å²) >= 11 is 6.91. The van der Waals surface area contributed by atoms with Gasteiger partial charge >= 0.3 is 6.09 Å². The zero-order valence-electron chi connectivity index (χ0n) is 31.0. The van der Waals surface area contributed by atoms with Crippen LogP contribution in [0.2, 0.25) is 5.02 Å². The topological polar surface area (TPSA) is 158 Å². The molecular formula is C37H55ClN6O7. The molecule has 6 atom stereocenters. The summed E-state index contributed by atoms with van der Waals surface area (Å²) in [5.74, 6) is 1.38. The van der Waals surface area contributed by atoms with E-state index in [1.807, 2.05) is 40.7 Å². The van der Waals surface area contributed by atoms with Crippen LogP contribution in [0.5, 0.6) is 11.5 Å². The number of aromatic nitrogens is 1. The fourth-order valence-electron chi connectivity index (χ4n) is 7.08. The first kappa shape index (κ1) is 38.7. The third-order valence-electron chi connectivity index (χ3n) is 10.1. The number of alkyl carbamates (subject to hydrolysis) is 1. The molecular weight excluding hydrogens is 676 g/mol. The SMILES string of the molecule is CC(C)Nc1cc(O[C@@H]2C[C@@H](C(N)=O)N(C(=O)[C@@H](NC(=O)O[C@@H]3CC(C)[C@H](C)C3)C(C)(C)C)C2)c2ccc(OCCN3CCOCC3)c(Cl)c2n1. The Kier molecular flexibility index (Phi) is 12.4. The lowest BCUT2D eigenvalue weighted by Gasteiger charge is -2.35. The number of ether oxygens (including phenoxy) is 4. The van der Waals surface area contributed by atoms with Gasteiger partial charge in [-0.25, -0.2) is 9.78 Å². The number of amides is 3. The van der Waals surface area contributed by atoms with Crippen LogP contribution in [0.3, 0.4) is 0 Å². The highest BCUT2D eigenvalue weighted by molar-refractivity contribution is 6.36. The average molecular weight is 731 g/mol. The van der Waals surface area contributed by atoms with Crippen molar-refractivity contribution in [1.82, 2.24) is 20.1 Å². The first-order valence-corrected chi connectivity index (χ1v) is 18.5. The number of nitrogens with one attached hydrogen (secondary N) is 2. The fourth-order valence-corrected chi connectivity index (χ4v) is 7.34. The van der Waals surface area contributed by atoms with Crippen molar-refractivity contribution in [1.29, 1.82) is 0 Å². The minimum Gasteiger partial charge on any atom is -0.491 e. The molecule has 13 nitrogen and oxygen atoms in total. The van der Waals surface area contributed by atoms with Gasteiger partial charge in [0.1, 0.15) is 53.2 Å². The third kappa shape index (κ3) is 9.66. The quantitative estimate of drug-likeness (QED) is 0.276. The van der Waals surface area contributed by atoms with Gasteiger partial charge in [-0.3, -0.25) is 14.5 Å². The predicted octanol–water partition coefficient (Wildman–Crippen LogP) is 4.83. The number of benzene rings is 1. The molecule has 4 N–H and O–H groups in total. The zero-order valence-corrected chi connectivity index (χ0v) is 31.8. The van der Waals surface area contributed by atoms with Crippen molar-refractivity contribution in [2.75, 3.05) is 51.3 Å². The molecule has 1 saturated carbocycles. The minimum absolute atomic E-state index is 0.0716. The second-order valence-corrected chi connectivity index (χ2v) is 16.0. The first-order valence-electron chi connectivity index (χ1n) is 18.2. The van der Waals surface area contributed by atoms with E-state index in [4.69, 9.17) is 41.3 Å². The highest BCUT2D eigenvalue weighted by Crippen LogP contribution is 2.39. The highest BCUT2D eigenvalue weighted by Gasteiger charge is 2.45. The Balaban J connectivity index is 1.34. The zero-order chi connectivity index (χ0) is 37.0. The Labute approximate surface area is 306 Å². The van der Waals surface area contributed by atoms with Crippen LogP contribution in [0.1, 0.15) is 67.7 Å². The maximum atomic E-state index is 14.2. The van der Waals surface area contributed by atoms with Crippen molar-refractivity contribution in [3.63, 3.8) is 0 Å². The molecule has 14 heteroatoms. The summed E-state index contributed by atoms with van der Waals surface area (Å²) in [7, 11) is 0. The van der Waals surface area contributed by atoms with Crippen LogP contribution in [0.4, 0.5) is 10.6 Å². The number of hydrogen-bond donors (Lipinski definition) is 3. The van der Waals surface area contributed by atoms with Crippen molar-refractivity contribution < 1.29 is 33.3 Å². The Morgan fingerprint density at radius 2 is 1.75 bits per heavy atom. The van der Waals surface area contributed by atoms with Gasteiger partial charge < -0.3 is 40.2 Å². The molecule has 282 valence electrons. The molecule has 3 fully saturated rings. The summed E-state index contributed by atoms with van der Waals surface area (Å²) in [6.07, 6.45) is 0.306. The van der Waals surface area contributed by atoms with Crippen molar-refractivity contribution in [2.24, 2.45) is 23.0 Å². The van der Waals surface area contributed by atoms with E-state index in [2.05, 4.69) is 29.4 Å². The van der Waals surface area contributed by atoms with E-state index < -0.39 is 41.5 Å². The number of primary amides is 1. The van der Waals surface area contributed by atoms with Gasteiger partial charge in [0, 0.05) is 43.5 Å². The smallest absolute Gasteiger partial charge is 0.408 e. The van der Waals surface area contributed by atoms with Crippen molar-refractivity contribution in [2.45, 2.75) is 98.1 Å². The number of hydrogen-bond acceptors (Lipinski definition) is 10. The number of nitrogens with two attached hydrogens (primary N) is 1. The van der Waals surface area contributed by atoms with E-state index in [0.29, 0.717) is 64.9 Å². The summed E-state index contributed by atoms with van der Waals surface area (Å²) in [6, 6.07) is 3.62. The summed E-state index contributed by atoms with van der Waals surface area (Å²) in [5.41, 5.74) is 5.67. The lowest BCUT2D eigenvalue weighted by atomic mass is 9.85. The van der Waals surface area contributed by atoms with E-state index in [1.54, 1.807) is 12.1 Å². The lowest BCUT2D eigenvalue weighted by molar-refractivity contribution is -0.141. The van der Waals surface area contributed by atoms with Crippen molar-refractivity contribution in [3.05, 3.63) is 23.2 Å². The molecule has 0 bridgehead atoms. The number of nitrogens with zero attached hydrogens (tertiary/aromatic N) is 3. The standard InChI is InChI=1S/C37H55ClN6O7/c1-21(2)40-30-19-29(26-8-9-28(31(38)32(26)41-30)49-15-12-43-10-13-48-14-11-43)50-25-18-27(34(39)45)44(20-25)35(46)33(37(5,6)7)42-36(47)51-24-16-22(3)23(4)17-24/h8-9,19,21-25,27,33H,10-18,20H2,1-7H3,(H2,39,45)(H,40,41)(H,42,47)/t22-,23?,24+,25-,27+,33-/m1/s1. The maximum Gasteiger partial charge on any atom is 0.408 e. The van der Waals surface area contributed by atoms with Crippen LogP contribution in [-0.4, -0.2) is 109 Å². The molecule has 1 unspecified atom stereocenters. The minimum atomic E-state index is -0.967. The Morgan fingerprint density at radius 1 is 1.06 bits per heavy atom. The van der Waals surface area contributed by atoms with Crippen LogP contribution in [0.15, 0.2) is 18.2 Å². The Hall–Kier alpha value is -3.55. The fraction of sp³-hybridized carbons (Fsp3) is 0.676. The van der Waals surface area contributed by atoms with Gasteiger partial charge in [-0.2, -0.15) is 0 Å². The van der Waals surface area contributed by atoms with E-state index in [0.717, 1.165) is 32.5 Å². The number of carbonyl (C=O) groups is 3. The predicted molar refractivity (Wildman–Crippen MR) is 196 cm³/mol. The molecule has 0 spiro atoms. The lowest BCUT2D eigenvalue weighted by Crippen LogP contribution is -2.57. The number of fused-ring (bicyclic) bond motifs is 1. The summed E-state index contributed by atoms with van der Waals surface area (Å²) in [6.45, 7) is 18.3. The molecule has 2 aliphatic heterocycles. The molecule has 2 aromatic rings. The van der Waals surface area contributed by atoms with Gasteiger partial charge in [0.15, 0.2) is 0 Å². The second-order valence-electron chi connectivity index (χ2n) is 15.7. The number of halogens is 1. The van der Waals surface area contributed by atoms with Crippen LogP contribution in [0, 0.1) is 17.3 Å². The van der Waals surface area contributed by atoms with Gasteiger partial charge in [-0.15, -0.1) is 0 Å². The first-order chi connectivity index (χ1) is 24.1. The second kappa shape index (κ2) is 16.4. The Bertz CT molecular complexity index is 1550. The van der Waals surface area contributed by atoms with Crippen LogP contribution >= 0.6 is 11.6 Å². The van der Waals surface area contributed by atoms with E-state index in [-0.39, 0.29) is 25.1 Å². The number of morpholine rings is 1. The molecule has 3 amide bonds. The van der Waals surface area contributed by atoms with Gasteiger partial charge in [-0.1, -0.05) is 46.2 Å². The molecule has 3 heterocycles. The number of likely N-dealkylation sites (tertiary alicyclic amines) is 1. The summed E-state index contributed by atoms with van der Waals surface area (Å²) in [4.78, 5) is 48.5. The monoisotopic (exact) mass is 730 g/mol. The van der Waals surface area contributed by atoms with Crippen molar-refractivity contribution in [3.8, 4) is 11.5 Å². The third-order valence-corrected chi connectivity index (χ3v) is 10.5. The summed E-state index contributed by atoms with van der Waals surface area (Å²) < 4.78 is 23.8. The normalized spacial score (nSPS) is 24.8. The van der Waals surface area contributed by atoms with Gasteiger partial charge in [0.2, 0.25) is 11.8 Å². The van der Waals surface area contributed by atoms with E-state index in [9.17, 15) is 14.4 Å². The molecule has 5 rings (SSSR count). The highest BCUT2D eigenvalue weighted by atomic mass is 35.5. The number of carbonyl (C=O) groups excluding carboxylic acids is 3. The largest absolute Gasteiger partial charge is 0.491 e. The molecule has 2 saturated heterocycles. The van der Waals surface area contributed by atoms with Gasteiger partial charge in [0.25, 0.3) is 0 Å². The van der Waals surface area contributed by atoms with Crippen molar-refractivity contribution >= 4 is 46.2 Å². The van der Waals surface area contributed by atoms with Crippen LogP contribution < -0.4 is 25.8 Å². The Morgan fingerprint density at radius 3 is 2.37 bits per heavy atom. The van der Waals surface area contributed by atoms with Crippen LogP contribution in [-0.2, 0) is 19.1 Å². The molecule has 1 aromatic heterocycles. The van der Waals surface area contributed by atoms with E-state index >= 15 is 0 Å². The van der Waals surface area contributed by atoms with Gasteiger partial charge in [0.05, 0.1) is 25.3 Å². The van der Waals surface area contributed by atoms with Gasteiger partial charge in [-0.05, 0) is 56.1 Å². The van der Waals surface area contributed by atoms with E-state index in [1.165, 1.54) is 4.90 Å². The maximum absolute atomic E-state index is 14.2. The number of anilines is 1. The number of rotatable bonds is 12. The number of pyridine rings is 1. The van der Waals surface area contributed by atoms with Crippen LogP contribution in [0.25, 0.3) is 10.9 Å². The summed E-state index contributed by atoms with van der Waals surface area (Å²) in [5, 5.41) is 7.16. The average Bonchev–Trinajstić information content (AvgIpc) is 3.62. The molecule has 1 aliphatic carbocycles. The molecule has 51 heavy (non-hydrogen) atoms. The molecule has 1 aromatic carbocycles. The molecule has 0 radical (unpaired) electrons. The molecule has 3 aliphatic rings.